The second-order valence-electron chi connectivity index (χ2n) is 3.74. The molecule has 7 nitrogen and oxygen atoms in total. The normalized spacial score (nSPS) is 13.9. The number of azide groups is 1. The van der Waals surface area contributed by atoms with E-state index in [9.17, 15) is 9.67 Å². The Morgan fingerprint density at radius 1 is 1.31 bits per heavy atom. The molecule has 1 N–H and O–H groups in total. The molecule has 0 fully saturated rings. The van der Waals surface area contributed by atoms with E-state index < -0.39 is 13.4 Å². The van der Waals surface area contributed by atoms with Crippen molar-refractivity contribution >= 4 is 7.60 Å². The molecular formula is C8H18N3O4P. The zero-order valence-electron chi connectivity index (χ0n) is 9.90. The van der Waals surface area contributed by atoms with E-state index in [-0.39, 0.29) is 18.8 Å². The lowest BCUT2D eigenvalue weighted by atomic mass is 10.5. The second kappa shape index (κ2) is 6.89. The van der Waals surface area contributed by atoms with Crippen molar-refractivity contribution in [3.05, 3.63) is 10.4 Å². The van der Waals surface area contributed by atoms with Crippen molar-refractivity contribution in [3.8, 4) is 0 Å². The minimum Gasteiger partial charge on any atom is -0.380 e. The highest BCUT2D eigenvalue weighted by molar-refractivity contribution is 7.54. The van der Waals surface area contributed by atoms with E-state index in [1.807, 2.05) is 0 Å². The lowest BCUT2D eigenvalue weighted by Gasteiger charge is -2.25. The van der Waals surface area contributed by atoms with Crippen LogP contribution < -0.4 is 0 Å². The van der Waals surface area contributed by atoms with Crippen LogP contribution in [-0.2, 0) is 13.6 Å². The maximum absolute atomic E-state index is 12.2. The van der Waals surface area contributed by atoms with Crippen LogP contribution >= 0.6 is 7.60 Å². The Morgan fingerprint density at radius 3 is 2.06 bits per heavy atom. The van der Waals surface area contributed by atoms with Crippen molar-refractivity contribution in [3.63, 3.8) is 0 Å². The molecule has 94 valence electrons. The Bertz CT molecular complexity index is 288. The predicted molar refractivity (Wildman–Crippen MR) is 60.1 cm³/mol. The summed E-state index contributed by atoms with van der Waals surface area (Å²) in [5.74, 6) is -1.44. The van der Waals surface area contributed by atoms with Gasteiger partial charge in [-0.3, -0.25) is 4.57 Å². The van der Waals surface area contributed by atoms with Crippen molar-refractivity contribution in [2.45, 2.75) is 45.7 Å². The molecular weight excluding hydrogens is 233 g/mol. The first-order chi connectivity index (χ1) is 7.31. The molecule has 0 aromatic heterocycles. The summed E-state index contributed by atoms with van der Waals surface area (Å²) >= 11 is 0. The highest BCUT2D eigenvalue weighted by Crippen LogP contribution is 2.54. The van der Waals surface area contributed by atoms with Gasteiger partial charge in [-0.1, -0.05) is 5.11 Å². The van der Waals surface area contributed by atoms with Gasteiger partial charge in [0.2, 0.25) is 0 Å². The van der Waals surface area contributed by atoms with Crippen molar-refractivity contribution in [1.82, 2.24) is 0 Å². The lowest BCUT2D eigenvalue weighted by Crippen LogP contribution is -2.20. The zero-order valence-corrected chi connectivity index (χ0v) is 10.8. The van der Waals surface area contributed by atoms with Gasteiger partial charge in [0.15, 0.2) is 5.85 Å². The Balaban J connectivity index is 4.75. The molecule has 0 rings (SSSR count). The van der Waals surface area contributed by atoms with E-state index in [0.717, 1.165) is 0 Å². The zero-order chi connectivity index (χ0) is 12.8. The summed E-state index contributed by atoms with van der Waals surface area (Å²) in [7, 11) is -3.66. The first kappa shape index (κ1) is 15.4. The molecule has 16 heavy (non-hydrogen) atoms. The molecule has 0 aliphatic carbocycles. The second-order valence-corrected chi connectivity index (χ2v) is 5.84. The van der Waals surface area contributed by atoms with E-state index in [2.05, 4.69) is 10.0 Å². The maximum Gasteiger partial charge on any atom is 0.359 e. The standard InChI is InChI=1S/C8H18N3O4P/c1-6(2)14-16(13,15-7(3)4)8(12)5-10-11-9/h6-8,12H,5H2,1-4H3/t8-/m0/s1. The van der Waals surface area contributed by atoms with Crippen LogP contribution in [0.2, 0.25) is 0 Å². The smallest absolute Gasteiger partial charge is 0.359 e. The minimum absolute atomic E-state index is 0.340. The van der Waals surface area contributed by atoms with Crippen molar-refractivity contribution in [2.24, 2.45) is 5.11 Å². The van der Waals surface area contributed by atoms with Gasteiger partial charge in [-0.15, -0.1) is 0 Å². The van der Waals surface area contributed by atoms with Crippen molar-refractivity contribution < 1.29 is 18.7 Å². The molecule has 0 radical (unpaired) electrons. The van der Waals surface area contributed by atoms with Crippen LogP contribution in [0.4, 0.5) is 0 Å². The first-order valence-electron chi connectivity index (χ1n) is 4.97. The molecule has 0 aliphatic rings. The molecule has 0 heterocycles. The minimum atomic E-state index is -3.66. The molecule has 1 atom stereocenters. The molecule has 0 aliphatic heterocycles. The van der Waals surface area contributed by atoms with Crippen LogP contribution in [0.25, 0.3) is 10.4 Å². The Labute approximate surface area is 94.9 Å². The molecule has 0 aromatic rings. The van der Waals surface area contributed by atoms with Crippen LogP contribution in [0.5, 0.6) is 0 Å². The summed E-state index contributed by atoms with van der Waals surface area (Å²) in [5.41, 5.74) is 8.12. The summed E-state index contributed by atoms with van der Waals surface area (Å²) in [6.45, 7) is 6.37. The number of hydrogen-bond acceptors (Lipinski definition) is 5. The molecule has 0 saturated carbocycles. The van der Waals surface area contributed by atoms with Crippen LogP contribution in [0.1, 0.15) is 27.7 Å². The number of nitrogens with zero attached hydrogens (tertiary/aromatic N) is 3. The lowest BCUT2D eigenvalue weighted by molar-refractivity contribution is 0.103. The van der Waals surface area contributed by atoms with Gasteiger partial charge in [0.25, 0.3) is 0 Å². The van der Waals surface area contributed by atoms with Gasteiger partial charge >= 0.3 is 7.60 Å². The molecule has 8 heteroatoms. The third kappa shape index (κ3) is 5.49. The van der Waals surface area contributed by atoms with E-state index >= 15 is 0 Å². The maximum atomic E-state index is 12.2. The Morgan fingerprint density at radius 2 is 1.75 bits per heavy atom. The van der Waals surface area contributed by atoms with Crippen LogP contribution in [0.3, 0.4) is 0 Å². The average Bonchev–Trinajstić information content (AvgIpc) is 2.11. The third-order valence-corrected chi connectivity index (χ3v) is 3.71. The van der Waals surface area contributed by atoms with E-state index in [0.29, 0.717) is 0 Å². The van der Waals surface area contributed by atoms with Gasteiger partial charge in [-0.2, -0.15) is 0 Å². The van der Waals surface area contributed by atoms with Gasteiger partial charge in [0.05, 0.1) is 18.8 Å². The number of aliphatic hydroxyl groups excluding tert-OH is 1. The summed E-state index contributed by atoms with van der Waals surface area (Å²) in [6, 6.07) is 0. The molecule has 0 aromatic carbocycles. The largest absolute Gasteiger partial charge is 0.380 e. The average molecular weight is 251 g/mol. The van der Waals surface area contributed by atoms with Crippen LogP contribution in [0, 0.1) is 0 Å². The predicted octanol–water partition coefficient (Wildman–Crippen LogP) is 2.66. The topological polar surface area (TPSA) is 105 Å². The molecule has 0 unspecified atom stereocenters. The molecule has 0 amide bonds. The molecule has 0 bridgehead atoms. The quantitative estimate of drug-likeness (QED) is 0.325. The fourth-order valence-corrected chi connectivity index (χ4v) is 2.74. The van der Waals surface area contributed by atoms with E-state index in [1.165, 1.54) is 0 Å². The van der Waals surface area contributed by atoms with Gasteiger partial charge in [0, 0.05) is 4.91 Å². The van der Waals surface area contributed by atoms with Gasteiger partial charge in [-0.05, 0) is 33.2 Å². The SMILES string of the molecule is CC(C)OP(=O)(OC(C)C)[C@H](O)CN=[N+]=[N-]. The van der Waals surface area contributed by atoms with Crippen molar-refractivity contribution in [2.75, 3.05) is 6.54 Å². The number of hydrogen-bond donors (Lipinski definition) is 1. The van der Waals surface area contributed by atoms with Crippen LogP contribution in [0.15, 0.2) is 5.11 Å². The summed E-state index contributed by atoms with van der Waals surface area (Å²) < 4.78 is 22.4. The summed E-state index contributed by atoms with van der Waals surface area (Å²) in [4.78, 5) is 2.48. The third-order valence-electron chi connectivity index (χ3n) is 1.39. The monoisotopic (exact) mass is 251 g/mol. The summed E-state index contributed by atoms with van der Waals surface area (Å²) in [5, 5.41) is 12.8. The van der Waals surface area contributed by atoms with Crippen molar-refractivity contribution in [1.29, 1.82) is 0 Å². The van der Waals surface area contributed by atoms with Gasteiger partial charge < -0.3 is 14.2 Å². The summed E-state index contributed by atoms with van der Waals surface area (Å²) in [6.07, 6.45) is -0.712. The number of aliphatic hydroxyl groups is 1. The van der Waals surface area contributed by atoms with Gasteiger partial charge in [0.1, 0.15) is 0 Å². The fraction of sp³-hybridized carbons (Fsp3) is 1.00. The van der Waals surface area contributed by atoms with Crippen LogP contribution in [-0.4, -0.2) is 29.7 Å². The molecule has 0 spiro atoms. The fourth-order valence-electron chi connectivity index (χ4n) is 0.963. The Hall–Kier alpha value is -0.580. The molecule has 0 saturated heterocycles. The van der Waals surface area contributed by atoms with E-state index in [4.69, 9.17) is 14.6 Å². The Kier molecular flexibility index (Phi) is 6.64. The highest BCUT2D eigenvalue weighted by Gasteiger charge is 2.36. The van der Waals surface area contributed by atoms with E-state index in [1.54, 1.807) is 27.7 Å². The number of rotatable bonds is 7. The highest BCUT2D eigenvalue weighted by atomic mass is 31.2. The first-order valence-corrected chi connectivity index (χ1v) is 6.58. The van der Waals surface area contributed by atoms with Gasteiger partial charge in [-0.25, -0.2) is 0 Å².